The molecule has 19 heavy (non-hydrogen) atoms. The first-order valence-electron chi connectivity index (χ1n) is 6.40. The number of hydrogen-bond donors (Lipinski definition) is 0. The fraction of sp³-hybridized carbons (Fsp3) is 0.333. The van der Waals surface area contributed by atoms with Crippen molar-refractivity contribution in [3.05, 3.63) is 53.5 Å². The van der Waals surface area contributed by atoms with Gasteiger partial charge in [-0.25, -0.2) is 4.98 Å². The van der Waals surface area contributed by atoms with Gasteiger partial charge in [-0.05, 0) is 48.7 Å². The molecule has 2 heterocycles. The summed E-state index contributed by atoms with van der Waals surface area (Å²) < 4.78 is 0. The molecule has 0 bridgehead atoms. The highest BCUT2D eigenvalue weighted by atomic mass is 35.5. The Balaban J connectivity index is 2.22. The maximum Gasteiger partial charge on any atom is 0.131 e. The molecule has 3 nitrogen and oxygen atoms in total. The van der Waals surface area contributed by atoms with E-state index in [1.54, 1.807) is 0 Å². The van der Waals surface area contributed by atoms with Gasteiger partial charge in [0.25, 0.3) is 0 Å². The first-order chi connectivity index (χ1) is 9.24. The van der Waals surface area contributed by atoms with Gasteiger partial charge in [-0.2, -0.15) is 0 Å². The lowest BCUT2D eigenvalue weighted by Gasteiger charge is -2.24. The van der Waals surface area contributed by atoms with E-state index in [4.69, 9.17) is 11.6 Å². The Morgan fingerprint density at radius 2 is 1.95 bits per heavy atom. The summed E-state index contributed by atoms with van der Waals surface area (Å²) >= 11 is 5.83. The zero-order valence-electron chi connectivity index (χ0n) is 11.3. The molecule has 100 valence electrons. The molecule has 0 aliphatic heterocycles. The average Bonchev–Trinajstić information content (AvgIpc) is 2.46. The standard InChI is InChI=1S/C15H18ClN3/c1-3-19(11-13-4-6-17-7-5-13)15-12(2)8-14(9-16)10-18-15/h4-8,10H,3,9,11H2,1-2H3. The summed E-state index contributed by atoms with van der Waals surface area (Å²) in [6, 6.07) is 6.17. The molecule has 2 aromatic heterocycles. The lowest BCUT2D eigenvalue weighted by molar-refractivity contribution is 0.806. The summed E-state index contributed by atoms with van der Waals surface area (Å²) in [6.07, 6.45) is 5.49. The summed E-state index contributed by atoms with van der Waals surface area (Å²) in [7, 11) is 0. The molecule has 4 heteroatoms. The Bertz CT molecular complexity index is 528. The molecule has 0 aliphatic carbocycles. The molecule has 0 amide bonds. The molecular weight excluding hydrogens is 258 g/mol. The number of halogens is 1. The van der Waals surface area contributed by atoms with Gasteiger partial charge in [0.05, 0.1) is 0 Å². The van der Waals surface area contributed by atoms with Crippen molar-refractivity contribution in [3.63, 3.8) is 0 Å². The van der Waals surface area contributed by atoms with E-state index in [0.717, 1.165) is 30.0 Å². The van der Waals surface area contributed by atoms with Crippen LogP contribution in [0.5, 0.6) is 0 Å². The van der Waals surface area contributed by atoms with Gasteiger partial charge in [-0.3, -0.25) is 4.98 Å². The molecule has 0 atom stereocenters. The van der Waals surface area contributed by atoms with Gasteiger partial charge in [-0.15, -0.1) is 11.6 Å². The fourth-order valence-corrected chi connectivity index (χ4v) is 2.22. The third-order valence-corrected chi connectivity index (χ3v) is 3.37. The second kappa shape index (κ2) is 6.53. The molecule has 2 aromatic rings. The van der Waals surface area contributed by atoms with E-state index < -0.39 is 0 Å². The van der Waals surface area contributed by atoms with Gasteiger partial charge in [0.15, 0.2) is 0 Å². The van der Waals surface area contributed by atoms with Crippen LogP contribution < -0.4 is 4.90 Å². The molecule has 0 aliphatic rings. The first kappa shape index (κ1) is 13.8. The van der Waals surface area contributed by atoms with Gasteiger partial charge < -0.3 is 4.90 Å². The van der Waals surface area contributed by atoms with Crippen molar-refractivity contribution in [2.45, 2.75) is 26.3 Å². The summed E-state index contributed by atoms with van der Waals surface area (Å²) in [6.45, 7) is 5.97. The van der Waals surface area contributed by atoms with E-state index in [0.29, 0.717) is 5.88 Å². The predicted molar refractivity (Wildman–Crippen MR) is 79.5 cm³/mol. The summed E-state index contributed by atoms with van der Waals surface area (Å²) in [5.41, 5.74) is 3.46. The van der Waals surface area contributed by atoms with Crippen molar-refractivity contribution < 1.29 is 0 Å². The minimum atomic E-state index is 0.505. The summed E-state index contributed by atoms with van der Waals surface area (Å²) in [4.78, 5) is 10.8. The number of aromatic nitrogens is 2. The van der Waals surface area contributed by atoms with Crippen LogP contribution in [0.1, 0.15) is 23.6 Å². The molecule has 2 rings (SSSR count). The average molecular weight is 276 g/mol. The lowest BCUT2D eigenvalue weighted by atomic mass is 10.2. The molecule has 0 saturated carbocycles. The molecular formula is C15H18ClN3. The van der Waals surface area contributed by atoms with Crippen LogP contribution in [0.25, 0.3) is 0 Å². The number of hydrogen-bond acceptors (Lipinski definition) is 3. The second-order valence-electron chi connectivity index (χ2n) is 4.49. The van der Waals surface area contributed by atoms with Crippen molar-refractivity contribution in [1.29, 1.82) is 0 Å². The Hall–Kier alpha value is -1.61. The van der Waals surface area contributed by atoms with E-state index in [1.165, 1.54) is 5.56 Å². The van der Waals surface area contributed by atoms with Crippen LogP contribution in [0.3, 0.4) is 0 Å². The van der Waals surface area contributed by atoms with Crippen molar-refractivity contribution in [1.82, 2.24) is 9.97 Å². The van der Waals surface area contributed by atoms with Gasteiger partial charge in [0.2, 0.25) is 0 Å². The highest BCUT2D eigenvalue weighted by Gasteiger charge is 2.10. The van der Waals surface area contributed by atoms with E-state index in [-0.39, 0.29) is 0 Å². The van der Waals surface area contributed by atoms with Crippen LogP contribution >= 0.6 is 11.6 Å². The molecule has 0 spiro atoms. The van der Waals surface area contributed by atoms with E-state index in [2.05, 4.69) is 34.8 Å². The molecule has 0 N–H and O–H groups in total. The maximum absolute atomic E-state index is 5.83. The van der Waals surface area contributed by atoms with Crippen molar-refractivity contribution in [3.8, 4) is 0 Å². The molecule has 0 radical (unpaired) electrons. The fourth-order valence-electron chi connectivity index (χ4n) is 2.07. The number of rotatable bonds is 5. The third kappa shape index (κ3) is 3.44. The van der Waals surface area contributed by atoms with Crippen LogP contribution in [0.15, 0.2) is 36.8 Å². The second-order valence-corrected chi connectivity index (χ2v) is 4.75. The van der Waals surface area contributed by atoms with Crippen LogP contribution in [0, 0.1) is 6.92 Å². The van der Waals surface area contributed by atoms with Gasteiger partial charge >= 0.3 is 0 Å². The van der Waals surface area contributed by atoms with E-state index >= 15 is 0 Å². The number of aryl methyl sites for hydroxylation is 1. The van der Waals surface area contributed by atoms with E-state index in [1.807, 2.05) is 30.7 Å². The van der Waals surface area contributed by atoms with E-state index in [9.17, 15) is 0 Å². The number of pyridine rings is 2. The van der Waals surface area contributed by atoms with Crippen molar-refractivity contribution in [2.24, 2.45) is 0 Å². The highest BCUT2D eigenvalue weighted by Crippen LogP contribution is 2.20. The third-order valence-electron chi connectivity index (χ3n) is 3.07. The van der Waals surface area contributed by atoms with Crippen molar-refractivity contribution >= 4 is 17.4 Å². The van der Waals surface area contributed by atoms with Gasteiger partial charge in [0, 0.05) is 37.6 Å². The Labute approximate surface area is 119 Å². The quantitative estimate of drug-likeness (QED) is 0.782. The zero-order chi connectivity index (χ0) is 13.7. The molecule has 0 aromatic carbocycles. The lowest BCUT2D eigenvalue weighted by Crippen LogP contribution is -2.24. The monoisotopic (exact) mass is 275 g/mol. The largest absolute Gasteiger partial charge is 0.352 e. The van der Waals surface area contributed by atoms with Crippen molar-refractivity contribution in [2.75, 3.05) is 11.4 Å². The predicted octanol–water partition coefficient (Wildman–Crippen LogP) is 3.55. The molecule has 0 saturated heterocycles. The Morgan fingerprint density at radius 1 is 1.21 bits per heavy atom. The number of anilines is 1. The maximum atomic E-state index is 5.83. The van der Waals surface area contributed by atoms with Crippen LogP contribution in [0.4, 0.5) is 5.82 Å². The highest BCUT2D eigenvalue weighted by molar-refractivity contribution is 6.17. The minimum absolute atomic E-state index is 0.505. The van der Waals surface area contributed by atoms with Gasteiger partial charge in [-0.1, -0.05) is 0 Å². The smallest absolute Gasteiger partial charge is 0.131 e. The van der Waals surface area contributed by atoms with Crippen LogP contribution in [-0.2, 0) is 12.4 Å². The molecule has 0 fully saturated rings. The normalized spacial score (nSPS) is 10.5. The Kier molecular flexibility index (Phi) is 4.74. The molecule has 0 unspecified atom stereocenters. The van der Waals surface area contributed by atoms with Gasteiger partial charge in [0.1, 0.15) is 5.82 Å². The topological polar surface area (TPSA) is 29.0 Å². The zero-order valence-corrected chi connectivity index (χ0v) is 12.1. The summed E-state index contributed by atoms with van der Waals surface area (Å²) in [5.74, 6) is 1.53. The van der Waals surface area contributed by atoms with Crippen LogP contribution in [-0.4, -0.2) is 16.5 Å². The SMILES string of the molecule is CCN(Cc1ccncc1)c1ncc(CCl)cc1C. The first-order valence-corrected chi connectivity index (χ1v) is 6.93. The van der Waals surface area contributed by atoms with Crippen LogP contribution in [0.2, 0.25) is 0 Å². The minimum Gasteiger partial charge on any atom is -0.352 e. The number of alkyl halides is 1. The summed E-state index contributed by atoms with van der Waals surface area (Å²) in [5, 5.41) is 0. The Morgan fingerprint density at radius 3 is 2.53 bits per heavy atom. The number of nitrogens with zero attached hydrogens (tertiary/aromatic N) is 3.